The molecule has 1 N–H and O–H groups in total. The second-order valence-electron chi connectivity index (χ2n) is 5.35. The third-order valence-corrected chi connectivity index (χ3v) is 5.11. The van der Waals surface area contributed by atoms with Gasteiger partial charge in [0.25, 0.3) is 0 Å². The molecule has 126 valence electrons. The van der Waals surface area contributed by atoms with E-state index in [-0.39, 0.29) is 5.69 Å². The van der Waals surface area contributed by atoms with Crippen LogP contribution in [0.15, 0.2) is 63.9 Å². The molecule has 0 spiro atoms. The predicted octanol–water partition coefficient (Wildman–Crippen LogP) is 4.60. The number of benzene rings is 2. The first-order valence-electron chi connectivity index (χ1n) is 7.25. The first-order valence-corrected chi connectivity index (χ1v) is 8.80. The molecule has 1 heterocycles. The van der Waals surface area contributed by atoms with Crippen LogP contribution in [0.4, 0.5) is 14.5 Å². The van der Waals surface area contributed by atoms with Crippen molar-refractivity contribution in [1.29, 1.82) is 0 Å². The zero-order valence-corrected chi connectivity index (χ0v) is 13.6. The van der Waals surface area contributed by atoms with Gasteiger partial charge in [-0.15, -0.1) is 0 Å². The number of halogens is 2. The average Bonchev–Trinajstić information content (AvgIpc) is 2.99. The molecule has 0 radical (unpaired) electrons. The van der Waals surface area contributed by atoms with Gasteiger partial charge in [-0.3, -0.25) is 0 Å². The van der Waals surface area contributed by atoms with E-state index in [9.17, 15) is 17.2 Å². The predicted molar refractivity (Wildman–Crippen MR) is 87.9 cm³/mol. The molecule has 0 aliphatic carbocycles. The molecular formula is C17H15F2NO3S. The van der Waals surface area contributed by atoms with Gasteiger partial charge in [-0.1, -0.05) is 30.3 Å². The van der Waals surface area contributed by atoms with Crippen LogP contribution in [0.1, 0.15) is 18.7 Å². The van der Waals surface area contributed by atoms with Gasteiger partial charge in [0.2, 0.25) is 9.84 Å². The first-order chi connectivity index (χ1) is 11.4. The number of furan rings is 1. The number of hydrogen-bond acceptors (Lipinski definition) is 4. The summed E-state index contributed by atoms with van der Waals surface area (Å²) in [5.41, 5.74) is 0.820. The Morgan fingerprint density at radius 1 is 1.04 bits per heavy atom. The van der Waals surface area contributed by atoms with Gasteiger partial charge >= 0.3 is 5.76 Å². The summed E-state index contributed by atoms with van der Waals surface area (Å²) in [6.45, 7) is 1.77. The van der Waals surface area contributed by atoms with Crippen LogP contribution in [-0.4, -0.2) is 14.2 Å². The molecule has 0 fully saturated rings. The van der Waals surface area contributed by atoms with E-state index in [1.165, 1.54) is 12.1 Å². The van der Waals surface area contributed by atoms with E-state index in [2.05, 4.69) is 5.32 Å². The minimum absolute atomic E-state index is 0.116. The van der Waals surface area contributed by atoms with E-state index in [1.807, 2.05) is 30.3 Å². The number of para-hydroxylation sites is 2. The number of anilines is 1. The highest BCUT2D eigenvalue weighted by Crippen LogP contribution is 2.31. The third kappa shape index (κ3) is 2.99. The summed E-state index contributed by atoms with van der Waals surface area (Å²) in [5.74, 6) is -2.89. The van der Waals surface area contributed by atoms with Crippen LogP contribution >= 0.6 is 0 Å². The lowest BCUT2D eigenvalue weighted by Gasteiger charge is -2.16. The van der Waals surface area contributed by atoms with Crippen LogP contribution in [0.3, 0.4) is 0 Å². The minimum atomic E-state index is -4.69. The molecule has 4 nitrogen and oxygen atoms in total. The smallest absolute Gasteiger partial charge is 0.341 e. The maximum absolute atomic E-state index is 12.8. The van der Waals surface area contributed by atoms with Crippen molar-refractivity contribution in [3.63, 3.8) is 0 Å². The second-order valence-corrected chi connectivity index (χ2v) is 7.24. The van der Waals surface area contributed by atoms with E-state index in [0.29, 0.717) is 11.3 Å². The lowest BCUT2D eigenvalue weighted by Crippen LogP contribution is -2.15. The van der Waals surface area contributed by atoms with Crippen molar-refractivity contribution in [2.24, 2.45) is 0 Å². The van der Waals surface area contributed by atoms with Crippen molar-refractivity contribution in [2.45, 2.75) is 23.6 Å². The van der Waals surface area contributed by atoms with Crippen LogP contribution in [0, 0.1) is 0 Å². The summed E-state index contributed by atoms with van der Waals surface area (Å²) < 4.78 is 55.0. The zero-order valence-electron chi connectivity index (χ0n) is 12.7. The molecule has 2 aromatic carbocycles. The van der Waals surface area contributed by atoms with Gasteiger partial charge in [0.05, 0.1) is 16.6 Å². The monoisotopic (exact) mass is 351 g/mol. The average molecular weight is 351 g/mol. The van der Waals surface area contributed by atoms with Gasteiger partial charge in [-0.05, 0) is 31.2 Å². The highest BCUT2D eigenvalue weighted by Gasteiger charge is 2.29. The number of nitrogens with one attached hydrogen (secondary N) is 1. The fraction of sp³-hybridized carbons (Fsp3) is 0.176. The van der Waals surface area contributed by atoms with Crippen molar-refractivity contribution < 1.29 is 21.6 Å². The van der Waals surface area contributed by atoms with E-state index >= 15 is 0 Å². The van der Waals surface area contributed by atoms with Gasteiger partial charge in [-0.25, -0.2) is 8.42 Å². The lowest BCUT2D eigenvalue weighted by atomic mass is 10.2. The molecule has 3 aromatic rings. The number of fused-ring (bicyclic) bond motifs is 1. The molecule has 0 saturated heterocycles. The Balaban J connectivity index is 1.94. The molecule has 0 bridgehead atoms. The Labute approximate surface area is 138 Å². The standard InChI is InChI=1S/C17H15F2NO3S/c1-11(15-10-12-6-2-4-8-14(12)23-15)20-13-7-3-5-9-16(13)24(21,22)17(18)19/h2-11,17,20H,1H3. The van der Waals surface area contributed by atoms with Crippen molar-refractivity contribution in [3.05, 3.63) is 60.4 Å². The molecule has 0 amide bonds. The molecule has 1 unspecified atom stereocenters. The van der Waals surface area contributed by atoms with E-state index in [4.69, 9.17) is 4.42 Å². The maximum atomic E-state index is 12.8. The molecule has 24 heavy (non-hydrogen) atoms. The van der Waals surface area contributed by atoms with Gasteiger partial charge in [-0.2, -0.15) is 8.78 Å². The Bertz CT molecular complexity index is 934. The van der Waals surface area contributed by atoms with Gasteiger partial charge in [0.1, 0.15) is 11.3 Å². The number of rotatable bonds is 5. The van der Waals surface area contributed by atoms with Crippen molar-refractivity contribution in [1.82, 2.24) is 0 Å². The summed E-state index contributed by atoms with van der Waals surface area (Å²) >= 11 is 0. The third-order valence-electron chi connectivity index (χ3n) is 3.67. The molecular weight excluding hydrogens is 336 g/mol. The van der Waals surface area contributed by atoms with Crippen molar-refractivity contribution in [2.75, 3.05) is 5.32 Å². The van der Waals surface area contributed by atoms with Crippen LogP contribution < -0.4 is 5.32 Å². The molecule has 1 atom stereocenters. The molecule has 0 aliphatic rings. The fourth-order valence-corrected chi connectivity index (χ4v) is 3.34. The number of alkyl halides is 2. The SMILES string of the molecule is CC(Nc1ccccc1S(=O)(=O)C(F)F)c1cc2ccccc2o1. The topological polar surface area (TPSA) is 59.3 Å². The quantitative estimate of drug-likeness (QED) is 0.730. The van der Waals surface area contributed by atoms with Crippen LogP contribution in [0.2, 0.25) is 0 Å². The highest BCUT2D eigenvalue weighted by atomic mass is 32.2. The lowest BCUT2D eigenvalue weighted by molar-refractivity contribution is 0.235. The summed E-state index contributed by atoms with van der Waals surface area (Å²) in [6, 6.07) is 14.5. The molecule has 0 aliphatic heterocycles. The Kier molecular flexibility index (Phi) is 4.28. The molecule has 1 aromatic heterocycles. The fourth-order valence-electron chi connectivity index (χ4n) is 2.45. The summed E-state index contributed by atoms with van der Waals surface area (Å²) in [7, 11) is -4.69. The zero-order chi connectivity index (χ0) is 17.3. The first kappa shape index (κ1) is 16.4. The molecule has 3 rings (SSSR count). The van der Waals surface area contributed by atoms with E-state index in [1.54, 1.807) is 13.0 Å². The molecule has 0 saturated carbocycles. The Morgan fingerprint density at radius 3 is 2.42 bits per heavy atom. The van der Waals surface area contributed by atoms with Crippen molar-refractivity contribution in [3.8, 4) is 0 Å². The van der Waals surface area contributed by atoms with Crippen LogP contribution in [-0.2, 0) is 9.84 Å². The Hall–Kier alpha value is -2.41. The minimum Gasteiger partial charge on any atom is -0.459 e. The Morgan fingerprint density at radius 2 is 1.71 bits per heavy atom. The maximum Gasteiger partial charge on any atom is 0.341 e. The molecule has 7 heteroatoms. The van der Waals surface area contributed by atoms with Crippen LogP contribution in [0.5, 0.6) is 0 Å². The second kappa shape index (κ2) is 6.24. The van der Waals surface area contributed by atoms with Gasteiger partial charge in [0, 0.05) is 5.39 Å². The largest absolute Gasteiger partial charge is 0.459 e. The summed E-state index contributed by atoms with van der Waals surface area (Å²) in [4.78, 5) is -0.428. The normalized spacial score (nSPS) is 13.3. The van der Waals surface area contributed by atoms with Crippen LogP contribution in [0.25, 0.3) is 11.0 Å². The van der Waals surface area contributed by atoms with E-state index in [0.717, 1.165) is 11.5 Å². The summed E-state index contributed by atoms with van der Waals surface area (Å²) in [5, 5.41) is 3.85. The highest BCUT2D eigenvalue weighted by molar-refractivity contribution is 7.91. The summed E-state index contributed by atoms with van der Waals surface area (Å²) in [6.07, 6.45) is 0. The van der Waals surface area contributed by atoms with Gasteiger partial charge < -0.3 is 9.73 Å². The van der Waals surface area contributed by atoms with E-state index < -0.39 is 26.5 Å². The number of sulfone groups is 1. The number of hydrogen-bond donors (Lipinski definition) is 1. The van der Waals surface area contributed by atoms with Crippen molar-refractivity contribution >= 4 is 26.5 Å². The van der Waals surface area contributed by atoms with Gasteiger partial charge in [0.15, 0.2) is 0 Å².